The zero-order chi connectivity index (χ0) is 22.8. The van der Waals surface area contributed by atoms with E-state index < -0.39 is 11.2 Å². The molecule has 0 radical (unpaired) electrons. The first-order valence-electron chi connectivity index (χ1n) is 10.8. The van der Waals surface area contributed by atoms with Crippen LogP contribution < -0.4 is 16.1 Å². The molecule has 3 aromatic heterocycles. The highest BCUT2D eigenvalue weighted by atomic mass is 16.2. The maximum absolute atomic E-state index is 13.7. The van der Waals surface area contributed by atoms with E-state index in [0.717, 1.165) is 43.7 Å². The number of aryl methyl sites for hydroxylation is 1. The van der Waals surface area contributed by atoms with Crippen molar-refractivity contribution >= 4 is 16.9 Å². The van der Waals surface area contributed by atoms with Crippen LogP contribution in [0.15, 0.2) is 39.8 Å². The highest BCUT2D eigenvalue weighted by molar-refractivity contribution is 5.90. The van der Waals surface area contributed by atoms with Crippen molar-refractivity contribution in [2.24, 2.45) is 7.05 Å². The molecule has 32 heavy (non-hydrogen) atoms. The molecule has 4 heterocycles. The molecule has 0 aromatic carbocycles. The molecule has 1 aliphatic rings. The van der Waals surface area contributed by atoms with Gasteiger partial charge in [-0.25, -0.2) is 14.8 Å². The number of rotatable bonds is 5. The molecule has 0 unspecified atom stereocenters. The van der Waals surface area contributed by atoms with Crippen molar-refractivity contribution in [3.63, 3.8) is 0 Å². The number of fused-ring (bicyclic) bond motifs is 1. The Morgan fingerprint density at radius 2 is 1.91 bits per heavy atom. The molecule has 9 heteroatoms. The molecule has 0 aliphatic carbocycles. The molecule has 0 saturated carbocycles. The fourth-order valence-corrected chi connectivity index (χ4v) is 4.33. The summed E-state index contributed by atoms with van der Waals surface area (Å²) in [5.41, 5.74) is 1.94. The highest BCUT2D eigenvalue weighted by Crippen LogP contribution is 2.32. The lowest BCUT2D eigenvalue weighted by molar-refractivity contribution is 0.565. The molecule has 0 bridgehead atoms. The summed E-state index contributed by atoms with van der Waals surface area (Å²) < 4.78 is 4.51. The summed E-state index contributed by atoms with van der Waals surface area (Å²) in [7, 11) is 1.62. The molecular formula is C23H27N7O2. The van der Waals surface area contributed by atoms with Gasteiger partial charge in [0.15, 0.2) is 0 Å². The van der Waals surface area contributed by atoms with Gasteiger partial charge >= 0.3 is 5.69 Å². The molecule has 0 atom stereocenters. The number of allylic oxidation sites excluding steroid dienone is 2. The van der Waals surface area contributed by atoms with Crippen LogP contribution in [0.3, 0.4) is 0 Å². The summed E-state index contributed by atoms with van der Waals surface area (Å²) >= 11 is 0. The van der Waals surface area contributed by atoms with Crippen LogP contribution >= 0.6 is 0 Å². The lowest BCUT2D eigenvalue weighted by atomic mass is 10.1. The molecular weight excluding hydrogens is 406 g/mol. The van der Waals surface area contributed by atoms with E-state index in [1.54, 1.807) is 19.3 Å². The molecule has 1 aliphatic heterocycles. The summed E-state index contributed by atoms with van der Waals surface area (Å²) in [6.45, 7) is 6.14. The van der Waals surface area contributed by atoms with E-state index in [0.29, 0.717) is 28.8 Å². The molecule has 0 spiro atoms. The van der Waals surface area contributed by atoms with Gasteiger partial charge in [-0.2, -0.15) is 5.26 Å². The second kappa shape index (κ2) is 8.83. The van der Waals surface area contributed by atoms with Gasteiger partial charge in [-0.15, -0.1) is 0 Å². The van der Waals surface area contributed by atoms with Crippen molar-refractivity contribution in [3.05, 3.63) is 62.3 Å². The quantitative estimate of drug-likeness (QED) is 0.572. The van der Waals surface area contributed by atoms with Gasteiger partial charge in [0.1, 0.15) is 29.3 Å². The van der Waals surface area contributed by atoms with E-state index in [4.69, 9.17) is 0 Å². The van der Waals surface area contributed by atoms with Crippen LogP contribution in [0, 0.1) is 11.3 Å². The number of hydrogen-bond donors (Lipinski definition) is 0. The average molecular weight is 434 g/mol. The Balaban J connectivity index is 2.05. The number of aromatic nitrogens is 5. The molecule has 3 aromatic rings. The minimum atomic E-state index is -0.470. The van der Waals surface area contributed by atoms with Crippen LogP contribution in [0.4, 0.5) is 5.82 Å². The van der Waals surface area contributed by atoms with E-state index in [2.05, 4.69) is 20.9 Å². The van der Waals surface area contributed by atoms with Crippen LogP contribution in [0.1, 0.15) is 44.4 Å². The largest absolute Gasteiger partial charge is 0.357 e. The first-order chi connectivity index (χ1) is 15.4. The highest BCUT2D eigenvalue weighted by Gasteiger charge is 2.28. The van der Waals surface area contributed by atoms with Crippen molar-refractivity contribution < 1.29 is 0 Å². The molecule has 4 rings (SSSR count). The topological polar surface area (TPSA) is 102 Å². The Morgan fingerprint density at radius 3 is 2.53 bits per heavy atom. The van der Waals surface area contributed by atoms with E-state index >= 15 is 0 Å². The van der Waals surface area contributed by atoms with Gasteiger partial charge in [0.2, 0.25) is 0 Å². The minimum absolute atomic E-state index is 0.0404. The third kappa shape index (κ3) is 3.73. The normalized spacial score (nSPS) is 13.9. The second-order valence-electron chi connectivity index (χ2n) is 8.38. The predicted octanol–water partition coefficient (Wildman–Crippen LogP) is 2.17. The fraction of sp³-hybridized carbons (Fsp3) is 0.435. The van der Waals surface area contributed by atoms with Gasteiger partial charge < -0.3 is 9.47 Å². The SMILES string of the molecule is CC(C)=CCn1c(N2CCCCC2)c(C#N)c2c1c(=O)n(Cc1ccncn1)c(=O)n2C. The summed E-state index contributed by atoms with van der Waals surface area (Å²) in [5, 5.41) is 10.1. The Labute approximate surface area is 185 Å². The standard InChI is InChI=1S/C23H27N7O2/c1-16(2)8-12-29-20-19(18(13-24)21(29)28-10-5-4-6-11-28)27(3)23(32)30(22(20)31)14-17-7-9-25-15-26-17/h7-9,15H,4-6,10-12,14H2,1-3H3. The number of nitriles is 1. The number of piperidine rings is 1. The average Bonchev–Trinajstić information content (AvgIpc) is 3.14. The summed E-state index contributed by atoms with van der Waals surface area (Å²) in [5.74, 6) is 0.728. The van der Waals surface area contributed by atoms with Crippen molar-refractivity contribution in [2.75, 3.05) is 18.0 Å². The first-order valence-corrected chi connectivity index (χ1v) is 10.8. The number of anilines is 1. The van der Waals surface area contributed by atoms with Crippen molar-refractivity contribution in [2.45, 2.75) is 46.2 Å². The van der Waals surface area contributed by atoms with E-state index in [1.807, 2.05) is 24.5 Å². The Hall–Kier alpha value is -3.67. The fourth-order valence-electron chi connectivity index (χ4n) is 4.33. The zero-order valence-electron chi connectivity index (χ0n) is 18.7. The van der Waals surface area contributed by atoms with Crippen LogP contribution in [-0.2, 0) is 20.1 Å². The minimum Gasteiger partial charge on any atom is -0.357 e. The van der Waals surface area contributed by atoms with Crippen molar-refractivity contribution in [1.29, 1.82) is 5.26 Å². The summed E-state index contributed by atoms with van der Waals surface area (Å²) in [6, 6.07) is 3.98. The molecule has 1 fully saturated rings. The Bertz CT molecular complexity index is 1330. The molecule has 0 amide bonds. The van der Waals surface area contributed by atoms with Crippen molar-refractivity contribution in [3.8, 4) is 6.07 Å². The van der Waals surface area contributed by atoms with Crippen LogP contribution in [0.25, 0.3) is 11.0 Å². The van der Waals surface area contributed by atoms with Gasteiger partial charge in [-0.1, -0.05) is 11.6 Å². The third-order valence-electron chi connectivity index (χ3n) is 5.92. The van der Waals surface area contributed by atoms with Gasteiger partial charge in [0.25, 0.3) is 5.56 Å². The van der Waals surface area contributed by atoms with Crippen LogP contribution in [0.5, 0.6) is 0 Å². The first kappa shape index (κ1) is 21.6. The summed E-state index contributed by atoms with van der Waals surface area (Å²) in [4.78, 5) is 37.1. The van der Waals surface area contributed by atoms with E-state index in [-0.39, 0.29) is 6.54 Å². The van der Waals surface area contributed by atoms with Crippen LogP contribution in [-0.4, -0.2) is 36.8 Å². The molecule has 0 N–H and O–H groups in total. The third-order valence-corrected chi connectivity index (χ3v) is 5.92. The van der Waals surface area contributed by atoms with Gasteiger partial charge in [-0.3, -0.25) is 13.9 Å². The maximum atomic E-state index is 13.7. The Kier molecular flexibility index (Phi) is 5.95. The Morgan fingerprint density at radius 1 is 1.16 bits per heavy atom. The van der Waals surface area contributed by atoms with Gasteiger partial charge in [-0.05, 0) is 39.2 Å². The van der Waals surface area contributed by atoms with E-state index in [1.165, 1.54) is 15.5 Å². The van der Waals surface area contributed by atoms with Gasteiger partial charge in [0, 0.05) is 32.9 Å². The molecule has 9 nitrogen and oxygen atoms in total. The summed E-state index contributed by atoms with van der Waals surface area (Å²) in [6.07, 6.45) is 8.22. The maximum Gasteiger partial charge on any atom is 0.331 e. The lowest BCUT2D eigenvalue weighted by Gasteiger charge is -2.30. The molecule has 166 valence electrons. The van der Waals surface area contributed by atoms with Crippen LogP contribution in [0.2, 0.25) is 0 Å². The zero-order valence-corrected chi connectivity index (χ0v) is 18.7. The predicted molar refractivity (Wildman–Crippen MR) is 123 cm³/mol. The molecule has 1 saturated heterocycles. The van der Waals surface area contributed by atoms with E-state index in [9.17, 15) is 14.9 Å². The van der Waals surface area contributed by atoms with Gasteiger partial charge in [0.05, 0.1) is 17.8 Å². The second-order valence-corrected chi connectivity index (χ2v) is 8.38. The number of hydrogen-bond acceptors (Lipinski definition) is 6. The monoisotopic (exact) mass is 433 g/mol. The van der Waals surface area contributed by atoms with Crippen molar-refractivity contribution in [1.82, 2.24) is 23.7 Å². The smallest absolute Gasteiger partial charge is 0.331 e. The lowest BCUT2D eigenvalue weighted by Crippen LogP contribution is -2.40. The number of nitrogens with zero attached hydrogens (tertiary/aromatic N) is 7.